The van der Waals surface area contributed by atoms with Crippen molar-refractivity contribution in [3.8, 4) is 0 Å². The van der Waals surface area contributed by atoms with Crippen LogP contribution in [-0.4, -0.2) is 6.54 Å². The topological polar surface area (TPSA) is 61.5 Å². The van der Waals surface area contributed by atoms with E-state index in [-0.39, 0.29) is 0 Å². The fourth-order valence-corrected chi connectivity index (χ4v) is 9.82. The molecule has 3 aliphatic carbocycles. The summed E-state index contributed by atoms with van der Waals surface area (Å²) in [6, 6.07) is 29.4. The Kier molecular flexibility index (Phi) is 12.8. The first kappa shape index (κ1) is 36.5. The molecule has 5 nitrogen and oxygen atoms in total. The molecular formula is C47H61N5. The third-order valence-electron chi connectivity index (χ3n) is 12.9. The lowest BCUT2D eigenvalue weighted by Gasteiger charge is -2.38. The molecule has 7 rings (SSSR count). The summed E-state index contributed by atoms with van der Waals surface area (Å²) in [5.74, 6) is 5.37. The Morgan fingerprint density at radius 2 is 0.962 bits per heavy atom. The molecule has 4 aromatic rings. The molecule has 3 fully saturated rings. The van der Waals surface area contributed by atoms with Crippen molar-refractivity contribution < 1.29 is 0 Å². The molecule has 0 aliphatic heterocycles. The Morgan fingerprint density at radius 3 is 1.52 bits per heavy atom. The number of rotatable bonds is 13. The SMILES string of the molecule is CCCC1CCC(c2ccc(N=Nc3ccc(N=Nc4ccc(NCC5CCC(C6CCC(CCC)CC6)CC5)c5ccccc45)cc3)cc2)CC1. The summed E-state index contributed by atoms with van der Waals surface area (Å²) in [5.41, 5.74) is 6.03. The molecule has 1 N–H and O–H groups in total. The van der Waals surface area contributed by atoms with Crippen LogP contribution in [0.2, 0.25) is 0 Å². The molecule has 3 saturated carbocycles. The third-order valence-corrected chi connectivity index (χ3v) is 12.9. The van der Waals surface area contributed by atoms with E-state index >= 15 is 0 Å². The maximum Gasteiger partial charge on any atom is 0.0936 e. The highest BCUT2D eigenvalue weighted by atomic mass is 15.1. The molecule has 0 atom stereocenters. The molecule has 4 aromatic carbocycles. The van der Waals surface area contributed by atoms with E-state index in [0.29, 0.717) is 5.92 Å². The molecular weight excluding hydrogens is 635 g/mol. The Balaban J connectivity index is 0.899. The number of benzene rings is 4. The monoisotopic (exact) mass is 695 g/mol. The van der Waals surface area contributed by atoms with Gasteiger partial charge in [0, 0.05) is 23.0 Å². The number of azo groups is 2. The fraction of sp³-hybridized carbons (Fsp3) is 0.532. The smallest absolute Gasteiger partial charge is 0.0936 e. The molecule has 0 bridgehead atoms. The first-order valence-corrected chi connectivity index (χ1v) is 20.9. The molecule has 0 amide bonds. The molecule has 52 heavy (non-hydrogen) atoms. The van der Waals surface area contributed by atoms with Gasteiger partial charge in [0.05, 0.1) is 22.7 Å². The van der Waals surface area contributed by atoms with Crippen molar-refractivity contribution in [1.82, 2.24) is 0 Å². The van der Waals surface area contributed by atoms with Crippen molar-refractivity contribution in [2.75, 3.05) is 11.9 Å². The predicted octanol–water partition coefficient (Wildman–Crippen LogP) is 15.6. The second-order valence-corrected chi connectivity index (χ2v) is 16.4. The largest absolute Gasteiger partial charge is 0.384 e. The predicted molar refractivity (Wildman–Crippen MR) is 219 cm³/mol. The lowest BCUT2D eigenvalue weighted by Crippen LogP contribution is -2.28. The second-order valence-electron chi connectivity index (χ2n) is 16.4. The zero-order valence-electron chi connectivity index (χ0n) is 31.9. The van der Waals surface area contributed by atoms with E-state index < -0.39 is 0 Å². The minimum atomic E-state index is 0.692. The van der Waals surface area contributed by atoms with E-state index in [2.05, 4.69) is 100 Å². The summed E-state index contributed by atoms with van der Waals surface area (Å²) in [6.07, 6.45) is 22.4. The van der Waals surface area contributed by atoms with Gasteiger partial charge in [-0.05, 0) is 154 Å². The van der Waals surface area contributed by atoms with Crippen LogP contribution in [0.1, 0.15) is 128 Å². The Bertz CT molecular complexity index is 1740. The molecule has 0 heterocycles. The molecule has 0 saturated heterocycles. The van der Waals surface area contributed by atoms with Crippen molar-refractivity contribution >= 4 is 39.2 Å². The van der Waals surface area contributed by atoms with Gasteiger partial charge in [-0.1, -0.05) is 88.8 Å². The van der Waals surface area contributed by atoms with E-state index in [1.54, 1.807) is 0 Å². The van der Waals surface area contributed by atoms with Crippen molar-refractivity contribution in [2.24, 2.45) is 50.0 Å². The lowest BCUT2D eigenvalue weighted by molar-refractivity contribution is 0.146. The van der Waals surface area contributed by atoms with Crippen molar-refractivity contribution in [3.05, 3.63) is 90.5 Å². The van der Waals surface area contributed by atoms with Crippen LogP contribution < -0.4 is 5.32 Å². The molecule has 0 unspecified atom stereocenters. The summed E-state index contributed by atoms with van der Waals surface area (Å²) >= 11 is 0. The third kappa shape index (κ3) is 9.57. The van der Waals surface area contributed by atoms with Crippen LogP contribution in [0, 0.1) is 29.6 Å². The minimum absolute atomic E-state index is 0.692. The van der Waals surface area contributed by atoms with Crippen LogP contribution in [0.15, 0.2) is 105 Å². The van der Waals surface area contributed by atoms with Crippen LogP contribution in [-0.2, 0) is 0 Å². The van der Waals surface area contributed by atoms with E-state index in [0.717, 1.165) is 64.3 Å². The van der Waals surface area contributed by atoms with E-state index in [1.807, 2.05) is 24.3 Å². The first-order chi connectivity index (χ1) is 25.6. The molecule has 0 spiro atoms. The van der Waals surface area contributed by atoms with Gasteiger partial charge < -0.3 is 5.32 Å². The Morgan fingerprint density at radius 1 is 0.481 bits per heavy atom. The normalized spacial score (nSPS) is 25.6. The molecule has 0 radical (unpaired) electrons. The molecule has 3 aliphatic rings. The van der Waals surface area contributed by atoms with Gasteiger partial charge >= 0.3 is 0 Å². The van der Waals surface area contributed by atoms with E-state index in [1.165, 1.54) is 119 Å². The summed E-state index contributed by atoms with van der Waals surface area (Å²) in [4.78, 5) is 0. The van der Waals surface area contributed by atoms with Gasteiger partial charge in [0.15, 0.2) is 0 Å². The van der Waals surface area contributed by atoms with Gasteiger partial charge in [0.25, 0.3) is 0 Å². The highest BCUT2D eigenvalue weighted by Crippen LogP contribution is 2.43. The first-order valence-electron chi connectivity index (χ1n) is 20.9. The Labute approximate surface area is 313 Å². The maximum atomic E-state index is 4.69. The minimum Gasteiger partial charge on any atom is -0.384 e. The standard InChI is InChI=1S/C47H61N5/c1-3-7-34-11-17-37(18-12-34)39-21-15-36(16-22-39)33-48-46-31-32-47(45-10-6-5-9-44(45)46)52-51-43-29-27-42(28-30-43)50-49-41-25-23-40(24-26-41)38-19-13-35(8-4-2)14-20-38/h5-6,9-10,23-32,34-39,48H,3-4,7-8,11-22,33H2,1-2H3. The van der Waals surface area contributed by atoms with Crippen LogP contribution in [0.5, 0.6) is 0 Å². The fourth-order valence-electron chi connectivity index (χ4n) is 9.82. The zero-order valence-corrected chi connectivity index (χ0v) is 31.9. The summed E-state index contributed by atoms with van der Waals surface area (Å²) in [7, 11) is 0. The number of nitrogens with zero attached hydrogens (tertiary/aromatic N) is 4. The van der Waals surface area contributed by atoms with Gasteiger partial charge in [-0.3, -0.25) is 0 Å². The van der Waals surface area contributed by atoms with Gasteiger partial charge in [0.2, 0.25) is 0 Å². The lowest BCUT2D eigenvalue weighted by atomic mass is 9.69. The average molecular weight is 696 g/mol. The highest BCUT2D eigenvalue weighted by Gasteiger charge is 2.30. The number of fused-ring (bicyclic) bond motifs is 1. The van der Waals surface area contributed by atoms with Crippen LogP contribution in [0.3, 0.4) is 0 Å². The van der Waals surface area contributed by atoms with Crippen LogP contribution in [0.25, 0.3) is 10.8 Å². The quantitative estimate of drug-likeness (QED) is 0.139. The zero-order chi connectivity index (χ0) is 35.5. The van der Waals surface area contributed by atoms with Crippen LogP contribution >= 0.6 is 0 Å². The average Bonchev–Trinajstić information content (AvgIpc) is 3.20. The van der Waals surface area contributed by atoms with E-state index in [9.17, 15) is 0 Å². The van der Waals surface area contributed by atoms with Gasteiger partial charge in [0.1, 0.15) is 0 Å². The summed E-state index contributed by atoms with van der Waals surface area (Å²) in [6.45, 7) is 5.70. The number of hydrogen-bond acceptors (Lipinski definition) is 5. The van der Waals surface area contributed by atoms with E-state index in [4.69, 9.17) is 0 Å². The van der Waals surface area contributed by atoms with Crippen molar-refractivity contribution in [2.45, 2.75) is 122 Å². The van der Waals surface area contributed by atoms with Gasteiger partial charge in [-0.25, -0.2) is 0 Å². The van der Waals surface area contributed by atoms with Crippen molar-refractivity contribution in [3.63, 3.8) is 0 Å². The molecule has 0 aromatic heterocycles. The Hall–Kier alpha value is -3.86. The van der Waals surface area contributed by atoms with Crippen molar-refractivity contribution in [1.29, 1.82) is 0 Å². The van der Waals surface area contributed by atoms with Crippen LogP contribution in [0.4, 0.5) is 28.4 Å². The second kappa shape index (κ2) is 18.3. The van der Waals surface area contributed by atoms with Gasteiger partial charge in [-0.2, -0.15) is 15.3 Å². The molecule has 5 heteroatoms. The number of hydrogen-bond donors (Lipinski definition) is 1. The summed E-state index contributed by atoms with van der Waals surface area (Å²) < 4.78 is 0. The highest BCUT2D eigenvalue weighted by molar-refractivity contribution is 6.00. The molecule has 274 valence electrons. The van der Waals surface area contributed by atoms with Gasteiger partial charge in [-0.15, -0.1) is 5.11 Å². The maximum absolute atomic E-state index is 4.69. The number of anilines is 1. The number of nitrogens with one attached hydrogen (secondary N) is 1. The summed E-state index contributed by atoms with van der Waals surface area (Å²) in [5, 5.41) is 24.4.